The minimum Gasteiger partial charge on any atom is -0.390 e. The van der Waals surface area contributed by atoms with Crippen molar-refractivity contribution >= 4 is 22.6 Å². The Bertz CT molecular complexity index is 890. The van der Waals surface area contributed by atoms with Crippen LogP contribution >= 0.6 is 0 Å². The number of aliphatic hydroxyl groups is 1. The molecule has 0 unspecified atom stereocenters. The van der Waals surface area contributed by atoms with Gasteiger partial charge < -0.3 is 15.3 Å². The predicted octanol–water partition coefficient (Wildman–Crippen LogP) is 1.57. The van der Waals surface area contributed by atoms with Crippen molar-refractivity contribution in [3.8, 4) is 0 Å². The highest BCUT2D eigenvalue weighted by molar-refractivity contribution is 5.90. The van der Waals surface area contributed by atoms with Crippen LogP contribution in [0.25, 0.3) is 11.0 Å². The van der Waals surface area contributed by atoms with Crippen LogP contribution in [0.4, 0.5) is 14.5 Å². The van der Waals surface area contributed by atoms with Crippen molar-refractivity contribution in [1.82, 2.24) is 20.2 Å². The first-order valence-corrected chi connectivity index (χ1v) is 9.87. The minimum absolute atomic E-state index is 0.0426. The Morgan fingerprint density at radius 2 is 1.93 bits per heavy atom. The summed E-state index contributed by atoms with van der Waals surface area (Å²) in [4.78, 5) is 24.8. The van der Waals surface area contributed by atoms with E-state index < -0.39 is 6.43 Å². The van der Waals surface area contributed by atoms with Crippen LogP contribution in [0, 0.1) is 5.92 Å². The highest BCUT2D eigenvalue weighted by Gasteiger charge is 2.30. The largest absolute Gasteiger partial charge is 0.390 e. The molecule has 0 aliphatic carbocycles. The first-order valence-electron chi connectivity index (χ1n) is 9.87. The number of likely N-dealkylation sites (tertiary alicyclic amines) is 1. The van der Waals surface area contributed by atoms with E-state index in [0.29, 0.717) is 31.1 Å². The number of anilines is 1. The third-order valence-electron chi connectivity index (χ3n) is 5.54. The highest BCUT2D eigenvalue weighted by Crippen LogP contribution is 2.33. The maximum atomic E-state index is 13.4. The van der Waals surface area contributed by atoms with E-state index in [1.807, 2.05) is 4.90 Å². The Kier molecular flexibility index (Phi) is 5.60. The molecule has 0 radical (unpaired) electrons. The van der Waals surface area contributed by atoms with Gasteiger partial charge in [-0.1, -0.05) is 6.92 Å². The van der Waals surface area contributed by atoms with Gasteiger partial charge in [-0.05, 0) is 24.5 Å². The Morgan fingerprint density at radius 3 is 2.62 bits per heavy atom. The van der Waals surface area contributed by atoms with E-state index in [0.717, 1.165) is 18.7 Å². The fourth-order valence-electron chi connectivity index (χ4n) is 4.30. The van der Waals surface area contributed by atoms with Crippen LogP contribution < -0.4 is 10.2 Å². The number of nitrogens with zero attached hydrogens (tertiary/aromatic N) is 4. The minimum atomic E-state index is -2.62. The van der Waals surface area contributed by atoms with Crippen LogP contribution in [0.3, 0.4) is 0 Å². The van der Waals surface area contributed by atoms with Gasteiger partial charge in [0.25, 0.3) is 6.43 Å². The van der Waals surface area contributed by atoms with E-state index in [2.05, 4.69) is 27.1 Å². The molecule has 2 aliphatic rings. The van der Waals surface area contributed by atoms with Crippen molar-refractivity contribution in [1.29, 1.82) is 0 Å². The molecule has 4 rings (SSSR count). The number of hydrogen-bond donors (Lipinski definition) is 2. The van der Waals surface area contributed by atoms with Gasteiger partial charge in [-0.15, -0.1) is 0 Å². The van der Waals surface area contributed by atoms with Gasteiger partial charge in [0.15, 0.2) is 0 Å². The van der Waals surface area contributed by atoms with Crippen molar-refractivity contribution in [2.45, 2.75) is 31.9 Å². The lowest BCUT2D eigenvalue weighted by Crippen LogP contribution is -2.56. The van der Waals surface area contributed by atoms with Gasteiger partial charge in [-0.3, -0.25) is 19.7 Å². The van der Waals surface area contributed by atoms with Gasteiger partial charge in [0.05, 0.1) is 23.9 Å². The Morgan fingerprint density at radius 1 is 1.21 bits per heavy atom. The third kappa shape index (κ3) is 4.30. The summed E-state index contributed by atoms with van der Waals surface area (Å²) in [7, 11) is 0. The summed E-state index contributed by atoms with van der Waals surface area (Å²) in [5, 5.41) is 12.4. The fourth-order valence-corrected chi connectivity index (χ4v) is 4.30. The topological polar surface area (TPSA) is 81.6 Å². The van der Waals surface area contributed by atoms with E-state index in [-0.39, 0.29) is 35.7 Å². The molecule has 156 valence electrons. The maximum absolute atomic E-state index is 13.4. The number of aliphatic hydroxyl groups excluding tert-OH is 1. The fraction of sp³-hybridized carbons (Fsp3) is 0.550. The molecule has 0 saturated carbocycles. The number of halogens is 2. The number of amides is 1. The number of benzene rings is 1. The number of aromatic nitrogens is 2. The molecular weight excluding hydrogens is 380 g/mol. The first-order chi connectivity index (χ1) is 13.9. The average molecular weight is 405 g/mol. The Balaban J connectivity index is 1.51. The summed E-state index contributed by atoms with van der Waals surface area (Å²) < 4.78 is 26.7. The molecule has 0 spiro atoms. The van der Waals surface area contributed by atoms with E-state index in [1.165, 1.54) is 18.5 Å². The lowest BCUT2D eigenvalue weighted by Gasteiger charge is -2.39. The van der Waals surface area contributed by atoms with Crippen LogP contribution in [-0.4, -0.2) is 70.8 Å². The van der Waals surface area contributed by atoms with Crippen LogP contribution in [0.2, 0.25) is 0 Å². The first kappa shape index (κ1) is 19.9. The number of piperidine rings is 1. The quantitative estimate of drug-likeness (QED) is 0.786. The number of carbonyl (C=O) groups excluding carboxylic acids is 1. The van der Waals surface area contributed by atoms with Gasteiger partial charge in [-0.2, -0.15) is 0 Å². The number of carbonyl (C=O) groups is 1. The van der Waals surface area contributed by atoms with Crippen molar-refractivity contribution in [2.24, 2.45) is 5.92 Å². The zero-order valence-electron chi connectivity index (χ0n) is 16.3. The van der Waals surface area contributed by atoms with Crippen molar-refractivity contribution in [3.63, 3.8) is 0 Å². The molecule has 1 aromatic heterocycles. The van der Waals surface area contributed by atoms with Gasteiger partial charge in [0, 0.05) is 50.2 Å². The molecule has 7 nitrogen and oxygen atoms in total. The molecule has 0 bridgehead atoms. The van der Waals surface area contributed by atoms with Gasteiger partial charge >= 0.3 is 0 Å². The zero-order chi connectivity index (χ0) is 20.5. The third-order valence-corrected chi connectivity index (χ3v) is 5.54. The molecular formula is C20H25F2N5O2. The van der Waals surface area contributed by atoms with Crippen LogP contribution in [-0.2, 0) is 4.79 Å². The molecule has 2 saturated heterocycles. The number of nitrogens with one attached hydrogen (secondary N) is 1. The van der Waals surface area contributed by atoms with Gasteiger partial charge in [0.2, 0.25) is 5.91 Å². The smallest absolute Gasteiger partial charge is 0.266 e. The summed E-state index contributed by atoms with van der Waals surface area (Å²) in [5.41, 5.74) is 1.31. The summed E-state index contributed by atoms with van der Waals surface area (Å²) in [6, 6.07) is 3.05. The number of rotatable bonds is 5. The molecule has 2 fully saturated rings. The zero-order valence-corrected chi connectivity index (χ0v) is 16.3. The molecule has 2 aliphatic heterocycles. The van der Waals surface area contributed by atoms with Gasteiger partial charge in [0.1, 0.15) is 5.52 Å². The molecule has 2 N–H and O–H groups in total. The van der Waals surface area contributed by atoms with E-state index in [9.17, 15) is 18.7 Å². The summed E-state index contributed by atoms with van der Waals surface area (Å²) in [5.74, 6) is 0.259. The Labute approximate surface area is 167 Å². The lowest BCUT2D eigenvalue weighted by atomic mass is 9.95. The van der Waals surface area contributed by atoms with Crippen molar-refractivity contribution in [3.05, 3.63) is 30.1 Å². The highest BCUT2D eigenvalue weighted by atomic mass is 19.3. The van der Waals surface area contributed by atoms with Crippen molar-refractivity contribution < 1.29 is 18.7 Å². The second-order valence-corrected chi connectivity index (χ2v) is 8.09. The van der Waals surface area contributed by atoms with E-state index >= 15 is 0 Å². The number of alkyl halides is 2. The molecule has 29 heavy (non-hydrogen) atoms. The monoisotopic (exact) mass is 405 g/mol. The Hall–Kier alpha value is -2.39. The summed E-state index contributed by atoms with van der Waals surface area (Å²) in [6.07, 6.45) is 0.833. The van der Waals surface area contributed by atoms with Crippen LogP contribution in [0.5, 0.6) is 0 Å². The second-order valence-electron chi connectivity index (χ2n) is 8.09. The molecule has 9 heteroatoms. The van der Waals surface area contributed by atoms with E-state index in [4.69, 9.17) is 0 Å². The number of fused-ring (bicyclic) bond motifs is 1. The lowest BCUT2D eigenvalue weighted by molar-refractivity contribution is -0.125. The number of hydrogen-bond acceptors (Lipinski definition) is 6. The second kappa shape index (κ2) is 8.16. The molecule has 2 atom stereocenters. The molecule has 1 aromatic carbocycles. The summed E-state index contributed by atoms with van der Waals surface area (Å²) >= 11 is 0. The van der Waals surface area contributed by atoms with Gasteiger partial charge in [-0.25, -0.2) is 8.78 Å². The molecule has 3 heterocycles. The van der Waals surface area contributed by atoms with Crippen LogP contribution in [0.15, 0.2) is 24.5 Å². The standard InChI is InChI=1S/C20H25F2N5O2/c1-12-6-13(25-17(29)11-26-9-14(28)10-26)8-27(7-12)16-3-2-15(20(21)22)18-19(16)24-5-4-23-18/h2-5,12-14,20,28H,6-11H2,1H3,(H,25,29)/t12-,13+/m0/s1. The molecule has 2 aromatic rings. The molecule has 1 amide bonds. The summed E-state index contributed by atoms with van der Waals surface area (Å²) in [6.45, 7) is 4.78. The number of β-amino-alcohol motifs (C(OH)–C–C–N with tert-alkyl or cyclic N) is 1. The maximum Gasteiger partial charge on any atom is 0.266 e. The van der Waals surface area contributed by atoms with Crippen LogP contribution in [0.1, 0.15) is 25.3 Å². The van der Waals surface area contributed by atoms with E-state index in [1.54, 1.807) is 6.07 Å². The van der Waals surface area contributed by atoms with Crippen molar-refractivity contribution in [2.75, 3.05) is 37.6 Å². The SMILES string of the molecule is C[C@H]1C[C@@H](NC(=O)CN2CC(O)C2)CN(c2ccc(C(F)F)c3nccnc23)C1. The average Bonchev–Trinajstić information content (AvgIpc) is 2.65. The predicted molar refractivity (Wildman–Crippen MR) is 105 cm³/mol. The normalized spacial score (nSPS) is 23.4.